The smallest absolute Gasteiger partial charge is 0.161 e. The zero-order valence-corrected chi connectivity index (χ0v) is 16.1. The van der Waals surface area contributed by atoms with Crippen LogP contribution in [0.1, 0.15) is 39.5 Å². The van der Waals surface area contributed by atoms with Gasteiger partial charge in [-0.3, -0.25) is 4.79 Å². The first-order chi connectivity index (χ1) is 12.6. The van der Waals surface area contributed by atoms with Crippen molar-refractivity contribution in [3.63, 3.8) is 0 Å². The van der Waals surface area contributed by atoms with Crippen LogP contribution in [0.2, 0.25) is 0 Å². The van der Waals surface area contributed by atoms with Crippen molar-refractivity contribution in [2.45, 2.75) is 6.92 Å². The fourth-order valence-electron chi connectivity index (χ4n) is 2.82. The summed E-state index contributed by atoms with van der Waals surface area (Å²) in [5, 5.41) is 0. The molecule has 3 aromatic carbocycles. The lowest BCUT2D eigenvalue weighted by atomic mass is 9.96. The van der Waals surface area contributed by atoms with E-state index < -0.39 is 0 Å². The van der Waals surface area contributed by atoms with Crippen molar-refractivity contribution < 1.29 is 4.79 Å². The molecule has 0 atom stereocenters. The number of hydrogen-bond acceptors (Lipinski definition) is 1. The molecule has 0 saturated carbocycles. The monoisotopic (exact) mass is 402 g/mol. The van der Waals surface area contributed by atoms with Gasteiger partial charge in [-0.15, -0.1) is 0 Å². The van der Waals surface area contributed by atoms with Gasteiger partial charge in [-0.05, 0) is 41.3 Å². The number of ketones is 1. The highest BCUT2D eigenvalue weighted by atomic mass is 79.9. The van der Waals surface area contributed by atoms with Crippen LogP contribution in [0.5, 0.6) is 0 Å². The molecule has 0 aliphatic heterocycles. The van der Waals surface area contributed by atoms with Crippen LogP contribution in [0.25, 0.3) is 24.3 Å². The largest absolute Gasteiger partial charge is 0.294 e. The lowest BCUT2D eigenvalue weighted by molar-refractivity contribution is 0.101. The Kier molecular flexibility index (Phi) is 5.98. The van der Waals surface area contributed by atoms with E-state index in [0.29, 0.717) is 0 Å². The molecule has 0 aliphatic rings. The summed E-state index contributed by atoms with van der Waals surface area (Å²) in [4.78, 5) is 12.3. The van der Waals surface area contributed by atoms with E-state index in [1.54, 1.807) is 6.92 Å². The van der Waals surface area contributed by atoms with Crippen LogP contribution in [-0.2, 0) is 0 Å². The Hall–Kier alpha value is -2.71. The normalized spacial score (nSPS) is 11.3. The van der Waals surface area contributed by atoms with E-state index in [4.69, 9.17) is 0 Å². The predicted molar refractivity (Wildman–Crippen MR) is 115 cm³/mol. The average Bonchev–Trinajstić information content (AvgIpc) is 2.65. The zero-order valence-electron chi connectivity index (χ0n) is 14.5. The minimum absolute atomic E-state index is 0.0536. The van der Waals surface area contributed by atoms with Crippen molar-refractivity contribution in [1.82, 2.24) is 0 Å². The van der Waals surface area contributed by atoms with Gasteiger partial charge in [-0.1, -0.05) is 101 Å². The van der Waals surface area contributed by atoms with E-state index in [1.807, 2.05) is 97.1 Å². The molecule has 3 aromatic rings. The highest BCUT2D eigenvalue weighted by molar-refractivity contribution is 9.10. The molecular weight excluding hydrogens is 384 g/mol. The second kappa shape index (κ2) is 8.59. The third-order valence-electron chi connectivity index (χ3n) is 4.03. The van der Waals surface area contributed by atoms with Crippen LogP contribution in [0.15, 0.2) is 77.3 Å². The topological polar surface area (TPSA) is 17.1 Å². The summed E-state index contributed by atoms with van der Waals surface area (Å²) in [6, 6.07) is 24.1. The van der Waals surface area contributed by atoms with E-state index in [9.17, 15) is 4.79 Å². The fourth-order valence-corrected chi connectivity index (χ4v) is 3.31. The van der Waals surface area contributed by atoms with E-state index in [0.717, 1.165) is 32.3 Å². The van der Waals surface area contributed by atoms with Gasteiger partial charge in [0.25, 0.3) is 0 Å². The molecule has 0 unspecified atom stereocenters. The lowest BCUT2D eigenvalue weighted by Crippen LogP contribution is -2.00. The van der Waals surface area contributed by atoms with Crippen LogP contribution in [0, 0.1) is 0 Å². The summed E-state index contributed by atoms with van der Waals surface area (Å²) in [5.74, 6) is 0.0536. The first-order valence-electron chi connectivity index (χ1n) is 8.44. The van der Waals surface area contributed by atoms with Gasteiger partial charge in [0.2, 0.25) is 0 Å². The maximum atomic E-state index is 12.3. The maximum absolute atomic E-state index is 12.3. The molecule has 0 bridgehead atoms. The molecule has 128 valence electrons. The molecule has 2 heteroatoms. The van der Waals surface area contributed by atoms with Crippen molar-refractivity contribution in [3.05, 3.63) is 105 Å². The molecule has 0 radical (unpaired) electrons. The molecular formula is C24H19BrO. The first-order valence-corrected chi connectivity index (χ1v) is 9.23. The highest BCUT2D eigenvalue weighted by Gasteiger charge is 2.11. The standard InChI is InChI=1S/C24H19BrO/c1-18(26)24-21(14-12-19-8-4-2-5-9-19)16-23(25)17-22(24)15-13-20-10-6-3-7-11-20/h2-17H,1H3/b14-12+,15-13+. The minimum atomic E-state index is 0.0536. The molecule has 0 saturated heterocycles. The molecule has 0 aromatic heterocycles. The Morgan fingerprint density at radius 2 is 1.15 bits per heavy atom. The number of carbonyl (C=O) groups is 1. The SMILES string of the molecule is CC(=O)c1c(/C=C/c2ccccc2)cc(Br)cc1/C=C/c1ccccc1. The minimum Gasteiger partial charge on any atom is -0.294 e. The number of rotatable bonds is 5. The van der Waals surface area contributed by atoms with E-state index in [-0.39, 0.29) is 5.78 Å². The summed E-state index contributed by atoms with van der Waals surface area (Å²) in [5.41, 5.74) is 4.74. The zero-order chi connectivity index (χ0) is 18.4. The van der Waals surface area contributed by atoms with Crippen LogP contribution >= 0.6 is 15.9 Å². The maximum Gasteiger partial charge on any atom is 0.161 e. The fraction of sp³-hybridized carbons (Fsp3) is 0.0417. The quantitative estimate of drug-likeness (QED) is 0.331. The Morgan fingerprint density at radius 1 is 0.731 bits per heavy atom. The van der Waals surface area contributed by atoms with E-state index in [1.165, 1.54) is 0 Å². The van der Waals surface area contributed by atoms with Crippen molar-refractivity contribution in [2.24, 2.45) is 0 Å². The molecule has 0 spiro atoms. The number of carbonyl (C=O) groups excluding carboxylic acids is 1. The molecule has 0 fully saturated rings. The van der Waals surface area contributed by atoms with Crippen molar-refractivity contribution >= 4 is 46.0 Å². The van der Waals surface area contributed by atoms with Gasteiger partial charge in [0, 0.05) is 10.0 Å². The van der Waals surface area contributed by atoms with Crippen molar-refractivity contribution in [1.29, 1.82) is 0 Å². The second-order valence-corrected chi connectivity index (χ2v) is 6.92. The number of benzene rings is 3. The van der Waals surface area contributed by atoms with Gasteiger partial charge in [0.1, 0.15) is 0 Å². The van der Waals surface area contributed by atoms with Crippen LogP contribution in [-0.4, -0.2) is 5.78 Å². The summed E-state index contributed by atoms with van der Waals surface area (Å²) in [6.45, 7) is 1.61. The third kappa shape index (κ3) is 4.68. The highest BCUT2D eigenvalue weighted by Crippen LogP contribution is 2.26. The van der Waals surface area contributed by atoms with E-state index in [2.05, 4.69) is 15.9 Å². The molecule has 0 N–H and O–H groups in total. The predicted octanol–water partition coefficient (Wildman–Crippen LogP) is 6.99. The average molecular weight is 403 g/mol. The first kappa shape index (κ1) is 18.1. The van der Waals surface area contributed by atoms with Gasteiger partial charge in [0.05, 0.1) is 0 Å². The summed E-state index contributed by atoms with van der Waals surface area (Å²) < 4.78 is 0.947. The summed E-state index contributed by atoms with van der Waals surface area (Å²) in [6.07, 6.45) is 8.05. The van der Waals surface area contributed by atoms with Gasteiger partial charge >= 0.3 is 0 Å². The Morgan fingerprint density at radius 3 is 1.54 bits per heavy atom. The number of Topliss-reactive ketones (excluding diaryl/α,β-unsaturated/α-hetero) is 1. The Balaban J connectivity index is 2.02. The van der Waals surface area contributed by atoms with Crippen molar-refractivity contribution in [2.75, 3.05) is 0 Å². The molecule has 0 aliphatic carbocycles. The molecule has 0 heterocycles. The van der Waals surface area contributed by atoms with E-state index >= 15 is 0 Å². The van der Waals surface area contributed by atoms with Gasteiger partial charge in [0.15, 0.2) is 5.78 Å². The van der Waals surface area contributed by atoms with Gasteiger partial charge in [-0.25, -0.2) is 0 Å². The summed E-state index contributed by atoms with van der Waals surface area (Å²) in [7, 11) is 0. The Labute approximate surface area is 162 Å². The van der Waals surface area contributed by atoms with Crippen molar-refractivity contribution in [3.8, 4) is 0 Å². The second-order valence-electron chi connectivity index (χ2n) is 6.00. The van der Waals surface area contributed by atoms with Crippen LogP contribution < -0.4 is 0 Å². The van der Waals surface area contributed by atoms with Crippen LogP contribution in [0.4, 0.5) is 0 Å². The molecule has 26 heavy (non-hydrogen) atoms. The molecule has 1 nitrogen and oxygen atoms in total. The molecule has 0 amide bonds. The number of halogens is 1. The molecule has 3 rings (SSSR count). The summed E-state index contributed by atoms with van der Waals surface area (Å²) >= 11 is 3.57. The Bertz CT molecular complexity index is 884. The van der Waals surface area contributed by atoms with Crippen LogP contribution in [0.3, 0.4) is 0 Å². The third-order valence-corrected chi connectivity index (χ3v) is 4.48. The lowest BCUT2D eigenvalue weighted by Gasteiger charge is -2.09. The van der Waals surface area contributed by atoms with Gasteiger partial charge < -0.3 is 0 Å². The number of hydrogen-bond donors (Lipinski definition) is 0. The van der Waals surface area contributed by atoms with Gasteiger partial charge in [-0.2, -0.15) is 0 Å².